The highest BCUT2D eigenvalue weighted by atomic mass is 79.9. The normalized spacial score (nSPS) is 10.2. The third-order valence-corrected chi connectivity index (χ3v) is 3.99. The van der Waals surface area contributed by atoms with Gasteiger partial charge in [0.05, 0.1) is 0 Å². The summed E-state index contributed by atoms with van der Waals surface area (Å²) in [5.41, 5.74) is 2.63. The molecule has 0 fully saturated rings. The van der Waals surface area contributed by atoms with Crippen LogP contribution in [0.5, 0.6) is 0 Å². The van der Waals surface area contributed by atoms with E-state index in [9.17, 15) is 4.79 Å². The summed E-state index contributed by atoms with van der Waals surface area (Å²) >= 11 is 3.56. The lowest BCUT2D eigenvalue weighted by molar-refractivity contribution is 0.0957. The predicted molar refractivity (Wildman–Crippen MR) is 81.6 cm³/mol. The van der Waals surface area contributed by atoms with E-state index >= 15 is 0 Å². The van der Waals surface area contributed by atoms with E-state index in [0.29, 0.717) is 18.1 Å². The molecule has 0 spiro atoms. The zero-order valence-corrected chi connectivity index (χ0v) is 12.9. The lowest BCUT2D eigenvalue weighted by Gasteiger charge is -2.09. The average Bonchev–Trinajstić information content (AvgIpc) is 2.48. The Balaban J connectivity index is 2.04. The molecule has 2 rings (SSSR count). The Bertz CT molecular complexity index is 613. The van der Waals surface area contributed by atoms with Gasteiger partial charge in [-0.3, -0.25) is 4.79 Å². The van der Waals surface area contributed by atoms with Crippen molar-refractivity contribution in [1.82, 2.24) is 15.5 Å². The standard InChI is InChI=1S/C14H15BrN4O/c1-9-4-3-5-10(13(9)15)8-17-12-7-6-11(18-19-12)14(20)16-2/h3-7H,8H2,1-2H3,(H,16,20)(H,17,19). The molecule has 1 heterocycles. The number of hydrogen-bond donors (Lipinski definition) is 2. The fraction of sp³-hybridized carbons (Fsp3) is 0.214. The van der Waals surface area contributed by atoms with Crippen LogP contribution in [0.3, 0.4) is 0 Å². The number of carbonyl (C=O) groups excluding carboxylic acids is 1. The molecule has 1 amide bonds. The number of halogens is 1. The summed E-state index contributed by atoms with van der Waals surface area (Å²) in [5.74, 6) is 0.386. The van der Waals surface area contributed by atoms with Crippen molar-refractivity contribution in [3.63, 3.8) is 0 Å². The number of nitrogens with one attached hydrogen (secondary N) is 2. The molecular weight excluding hydrogens is 320 g/mol. The quantitative estimate of drug-likeness (QED) is 0.901. The molecule has 0 bridgehead atoms. The zero-order chi connectivity index (χ0) is 14.5. The van der Waals surface area contributed by atoms with Crippen molar-refractivity contribution in [3.8, 4) is 0 Å². The second-order valence-electron chi connectivity index (χ2n) is 4.28. The van der Waals surface area contributed by atoms with Gasteiger partial charge in [0.15, 0.2) is 5.69 Å². The van der Waals surface area contributed by atoms with Gasteiger partial charge in [-0.25, -0.2) is 0 Å². The van der Waals surface area contributed by atoms with Crippen molar-refractivity contribution < 1.29 is 4.79 Å². The monoisotopic (exact) mass is 334 g/mol. The first-order chi connectivity index (χ1) is 9.61. The van der Waals surface area contributed by atoms with Gasteiger partial charge >= 0.3 is 0 Å². The van der Waals surface area contributed by atoms with Gasteiger partial charge in [-0.15, -0.1) is 10.2 Å². The first-order valence-electron chi connectivity index (χ1n) is 6.15. The summed E-state index contributed by atoms with van der Waals surface area (Å²) in [4.78, 5) is 11.3. The molecule has 0 radical (unpaired) electrons. The number of hydrogen-bond acceptors (Lipinski definition) is 4. The van der Waals surface area contributed by atoms with E-state index in [-0.39, 0.29) is 5.91 Å². The van der Waals surface area contributed by atoms with Crippen LogP contribution in [0, 0.1) is 6.92 Å². The molecule has 0 aliphatic carbocycles. The molecule has 1 aromatic heterocycles. The SMILES string of the molecule is CNC(=O)c1ccc(NCc2cccc(C)c2Br)nn1. The fourth-order valence-corrected chi connectivity index (χ4v) is 2.11. The Morgan fingerprint density at radius 1 is 1.25 bits per heavy atom. The van der Waals surface area contributed by atoms with Crippen LogP contribution in [-0.2, 0) is 6.54 Å². The number of benzene rings is 1. The van der Waals surface area contributed by atoms with Crippen LogP contribution in [0.25, 0.3) is 0 Å². The minimum absolute atomic E-state index is 0.245. The minimum atomic E-state index is -0.245. The van der Waals surface area contributed by atoms with Gasteiger partial charge in [-0.05, 0) is 30.2 Å². The van der Waals surface area contributed by atoms with Crippen molar-refractivity contribution >= 4 is 27.7 Å². The minimum Gasteiger partial charge on any atom is -0.364 e. The third kappa shape index (κ3) is 3.33. The van der Waals surface area contributed by atoms with E-state index in [4.69, 9.17) is 0 Å². The molecule has 5 nitrogen and oxygen atoms in total. The second-order valence-corrected chi connectivity index (χ2v) is 5.08. The Morgan fingerprint density at radius 2 is 2.05 bits per heavy atom. The molecule has 6 heteroatoms. The average molecular weight is 335 g/mol. The molecule has 0 unspecified atom stereocenters. The molecule has 0 atom stereocenters. The van der Waals surface area contributed by atoms with Crippen molar-refractivity contribution in [2.75, 3.05) is 12.4 Å². The maximum atomic E-state index is 11.3. The van der Waals surface area contributed by atoms with E-state index in [0.717, 1.165) is 10.0 Å². The van der Waals surface area contributed by atoms with Crippen molar-refractivity contribution in [3.05, 3.63) is 51.6 Å². The van der Waals surface area contributed by atoms with Crippen molar-refractivity contribution in [1.29, 1.82) is 0 Å². The summed E-state index contributed by atoms with van der Waals surface area (Å²) in [6.45, 7) is 2.68. The van der Waals surface area contributed by atoms with Crippen LogP contribution in [0.2, 0.25) is 0 Å². The number of nitrogens with zero attached hydrogens (tertiary/aromatic N) is 2. The molecule has 2 N–H and O–H groups in total. The van der Waals surface area contributed by atoms with Crippen LogP contribution in [0.4, 0.5) is 5.82 Å². The largest absolute Gasteiger partial charge is 0.364 e. The number of carbonyl (C=O) groups is 1. The third-order valence-electron chi connectivity index (χ3n) is 2.86. The molecule has 0 aliphatic heterocycles. The highest BCUT2D eigenvalue weighted by Crippen LogP contribution is 2.21. The highest BCUT2D eigenvalue weighted by Gasteiger charge is 2.06. The maximum Gasteiger partial charge on any atom is 0.271 e. The maximum absolute atomic E-state index is 11.3. The van der Waals surface area contributed by atoms with Gasteiger partial charge in [0.2, 0.25) is 0 Å². The van der Waals surface area contributed by atoms with Crippen LogP contribution in [0.15, 0.2) is 34.8 Å². The highest BCUT2D eigenvalue weighted by molar-refractivity contribution is 9.10. The van der Waals surface area contributed by atoms with Crippen molar-refractivity contribution in [2.24, 2.45) is 0 Å². The van der Waals surface area contributed by atoms with Crippen LogP contribution < -0.4 is 10.6 Å². The summed E-state index contributed by atoms with van der Waals surface area (Å²) in [6, 6.07) is 9.47. The Labute approximate surface area is 125 Å². The smallest absolute Gasteiger partial charge is 0.271 e. The van der Waals surface area contributed by atoms with Crippen molar-refractivity contribution in [2.45, 2.75) is 13.5 Å². The van der Waals surface area contributed by atoms with Gasteiger partial charge in [-0.2, -0.15) is 0 Å². The van der Waals surface area contributed by atoms with Crippen LogP contribution in [-0.4, -0.2) is 23.2 Å². The molecule has 1 aromatic carbocycles. The van der Waals surface area contributed by atoms with Crippen LogP contribution >= 0.6 is 15.9 Å². The molecule has 0 saturated heterocycles. The lowest BCUT2D eigenvalue weighted by atomic mass is 10.1. The molecule has 104 valence electrons. The van der Waals surface area contributed by atoms with Gasteiger partial charge in [0.25, 0.3) is 5.91 Å². The Kier molecular flexibility index (Phi) is 4.68. The Hall–Kier alpha value is -1.95. The summed E-state index contributed by atoms with van der Waals surface area (Å²) in [6.07, 6.45) is 0. The van der Waals surface area contributed by atoms with E-state index < -0.39 is 0 Å². The van der Waals surface area contributed by atoms with Gasteiger partial charge in [0.1, 0.15) is 5.82 Å². The van der Waals surface area contributed by atoms with E-state index in [1.54, 1.807) is 19.2 Å². The van der Waals surface area contributed by atoms with Crippen LogP contribution in [0.1, 0.15) is 21.6 Å². The summed E-state index contributed by atoms with van der Waals surface area (Å²) in [5, 5.41) is 13.5. The fourth-order valence-electron chi connectivity index (χ4n) is 1.71. The number of aromatic nitrogens is 2. The van der Waals surface area contributed by atoms with E-state index in [2.05, 4.69) is 36.8 Å². The van der Waals surface area contributed by atoms with Gasteiger partial charge in [0, 0.05) is 18.1 Å². The first-order valence-corrected chi connectivity index (χ1v) is 6.95. The van der Waals surface area contributed by atoms with E-state index in [1.165, 1.54) is 5.56 Å². The summed E-state index contributed by atoms with van der Waals surface area (Å²) < 4.78 is 1.09. The predicted octanol–water partition coefficient (Wildman–Crippen LogP) is 2.52. The molecule has 0 aliphatic rings. The molecule has 2 aromatic rings. The number of anilines is 1. The molecular formula is C14H15BrN4O. The zero-order valence-electron chi connectivity index (χ0n) is 11.3. The topological polar surface area (TPSA) is 66.9 Å². The van der Waals surface area contributed by atoms with Gasteiger partial charge < -0.3 is 10.6 Å². The van der Waals surface area contributed by atoms with E-state index in [1.807, 2.05) is 25.1 Å². The summed E-state index contributed by atoms with van der Waals surface area (Å²) in [7, 11) is 1.56. The number of rotatable bonds is 4. The molecule has 20 heavy (non-hydrogen) atoms. The molecule has 0 saturated carbocycles. The first kappa shape index (κ1) is 14.5. The van der Waals surface area contributed by atoms with Gasteiger partial charge in [-0.1, -0.05) is 34.1 Å². The lowest BCUT2D eigenvalue weighted by Crippen LogP contribution is -2.19. The Morgan fingerprint density at radius 3 is 2.70 bits per heavy atom. The number of aryl methyl sites for hydroxylation is 1. The second kappa shape index (κ2) is 6.47. The number of amides is 1.